The zero-order chi connectivity index (χ0) is 76.7. The second kappa shape index (κ2) is 62.7. The quantitative estimate of drug-likeness (QED) is 0.0428. The molecule has 0 bridgehead atoms. The van der Waals surface area contributed by atoms with Gasteiger partial charge in [0.15, 0.2) is 0 Å². The van der Waals surface area contributed by atoms with E-state index in [-0.39, 0.29) is 92.7 Å². The number of hydrogen-bond acceptors (Lipinski definition) is 22. The zero-order valence-electron chi connectivity index (χ0n) is 67.3. The molecule has 9 rings (SSSR count). The van der Waals surface area contributed by atoms with E-state index in [9.17, 15) is 10.2 Å². The number of hydrogen-bond donors (Lipinski definition) is 11. The van der Waals surface area contributed by atoms with Crippen LogP contribution in [0, 0.1) is 28.6 Å². The summed E-state index contributed by atoms with van der Waals surface area (Å²) in [6.45, 7) is 18.8. The minimum atomic E-state index is -0.308. The third-order valence-electron chi connectivity index (χ3n) is 21.9. The van der Waals surface area contributed by atoms with Gasteiger partial charge in [-0.2, -0.15) is 0 Å². The van der Waals surface area contributed by atoms with Crippen LogP contribution in [-0.2, 0) is 52.1 Å². The third-order valence-corrected chi connectivity index (χ3v) is 21.9. The van der Waals surface area contributed by atoms with Crippen molar-refractivity contribution in [1.29, 1.82) is 0 Å². The second-order valence-electron chi connectivity index (χ2n) is 32.3. The molecule has 0 aromatic heterocycles. The Hall–Kier alpha value is -0.880. The third kappa shape index (κ3) is 50.6. The molecule has 22 heteroatoms. The van der Waals surface area contributed by atoms with Crippen LogP contribution < -0.4 is 0 Å². The predicted octanol–water partition coefficient (Wildman–Crippen LogP) is 11.1. The summed E-state index contributed by atoms with van der Waals surface area (Å²) in [6, 6.07) is 0. The molecule has 0 aromatic rings. The molecule has 9 aliphatic carbocycles. The number of aliphatic hydroxyl groups excluding tert-OH is 11. The van der Waals surface area contributed by atoms with Crippen LogP contribution in [0.4, 0.5) is 0 Å². The van der Waals surface area contributed by atoms with Gasteiger partial charge in [-0.05, 0) is 228 Å². The molecule has 22 nitrogen and oxygen atoms in total. The van der Waals surface area contributed by atoms with Gasteiger partial charge in [-0.25, -0.2) is 0 Å². The van der Waals surface area contributed by atoms with E-state index in [1.165, 1.54) is 64.2 Å². The van der Waals surface area contributed by atoms with Crippen LogP contribution in [0.1, 0.15) is 280 Å². The lowest BCUT2D eigenvalue weighted by Crippen LogP contribution is -2.40. The largest absolute Gasteiger partial charge is 0.396 e. The van der Waals surface area contributed by atoms with Crippen molar-refractivity contribution in [3.8, 4) is 0 Å². The van der Waals surface area contributed by atoms with Crippen molar-refractivity contribution in [2.24, 2.45) is 28.6 Å². The normalized spacial score (nSPS) is 31.0. The van der Waals surface area contributed by atoms with Crippen molar-refractivity contribution in [1.82, 2.24) is 0 Å². The van der Waals surface area contributed by atoms with Gasteiger partial charge in [0.2, 0.25) is 0 Å². The molecule has 103 heavy (non-hydrogen) atoms. The fraction of sp³-hybridized carbons (Fsp3) is 1.00. The lowest BCUT2D eigenvalue weighted by Gasteiger charge is -2.41. The maximum Gasteiger partial charge on any atom is 0.0745 e. The standard InChI is InChI=1S/2C11H22O2.C10H20O4.C9H18O3.C9H18O2.C8H16O3.2C8H16O2.C7H14O2/c1-11(2,3)9-7-8(13-4)5-6-10(9)12;1-11(2,3)9-7-8(12)5-6-10(9)13-4;11-5-7-13-9-1-2-10(4-3-9)14-8-6-12;1-11-8-2-4-9(5-3-8)12-7-6-10;1-8(10)7-11-9-5-3-2-4-6-9;9-5-6-11-8-3-1-7(10)2-4-8;1-10-8-4-2-7(6-9)3-5-8;9-6-7-10-8-4-2-1-3-5-8;1-9-7-4-2-6(8)3-5-7/h2*8-10,12H,5-7H2,1-4H3;9-12H,1-8H2;8-10H,2-7H2,1H3;8-10H,2-7H2,1H3;7-10H,1-6H2;7-9H,2-6H2,1H3;8-9H,1-7H2;6-8H,2-5H2,1H3. The highest BCUT2D eigenvalue weighted by Gasteiger charge is 2.38. The van der Waals surface area contributed by atoms with E-state index in [1.807, 2.05) is 0 Å². The smallest absolute Gasteiger partial charge is 0.0745 e. The number of aliphatic hydroxyl groups is 11. The molecule has 7 unspecified atom stereocenters. The summed E-state index contributed by atoms with van der Waals surface area (Å²) < 4.78 is 58.9. The fourth-order valence-corrected chi connectivity index (χ4v) is 15.3. The van der Waals surface area contributed by atoms with Gasteiger partial charge in [0.1, 0.15) is 0 Å². The van der Waals surface area contributed by atoms with Crippen LogP contribution in [0.5, 0.6) is 0 Å². The molecular formula is C81H162O22. The van der Waals surface area contributed by atoms with Crippen molar-refractivity contribution in [2.45, 2.75) is 377 Å². The average Bonchev–Trinajstić information content (AvgIpc) is 0.836. The van der Waals surface area contributed by atoms with E-state index >= 15 is 0 Å². The van der Waals surface area contributed by atoms with Crippen LogP contribution in [0.25, 0.3) is 0 Å². The molecule has 9 aliphatic rings. The summed E-state index contributed by atoms with van der Waals surface area (Å²) in [5.74, 6) is 1.42. The first kappa shape index (κ1) is 100. The Balaban J connectivity index is 0.000000581. The number of methoxy groups -OCH3 is 5. The van der Waals surface area contributed by atoms with Gasteiger partial charge in [0, 0.05) is 42.2 Å². The topological polar surface area (TPSA) is 324 Å². The van der Waals surface area contributed by atoms with Crippen LogP contribution in [-0.4, -0.2) is 269 Å². The monoisotopic (exact) mass is 1490 g/mol. The molecule has 0 aliphatic heterocycles. The highest BCUT2D eigenvalue weighted by molar-refractivity contribution is 4.89. The first-order valence-electron chi connectivity index (χ1n) is 40.8. The van der Waals surface area contributed by atoms with Crippen LogP contribution >= 0.6 is 0 Å². The van der Waals surface area contributed by atoms with Crippen LogP contribution in [0.15, 0.2) is 0 Å². The Morgan fingerprint density at radius 2 is 0.592 bits per heavy atom. The van der Waals surface area contributed by atoms with Crippen LogP contribution in [0.2, 0.25) is 0 Å². The molecule has 0 heterocycles. The van der Waals surface area contributed by atoms with E-state index in [1.54, 1.807) is 42.5 Å². The highest BCUT2D eigenvalue weighted by Crippen LogP contribution is 2.41. The summed E-state index contributed by atoms with van der Waals surface area (Å²) in [4.78, 5) is 0. The van der Waals surface area contributed by atoms with Crippen molar-refractivity contribution in [3.63, 3.8) is 0 Å². The lowest BCUT2D eigenvalue weighted by molar-refractivity contribution is -0.0581. The Morgan fingerprint density at radius 3 is 0.903 bits per heavy atom. The molecule has 7 atom stereocenters. The minimum Gasteiger partial charge on any atom is -0.396 e. The van der Waals surface area contributed by atoms with Crippen LogP contribution in [0.3, 0.4) is 0 Å². The van der Waals surface area contributed by atoms with Gasteiger partial charge < -0.3 is 108 Å². The highest BCUT2D eigenvalue weighted by atomic mass is 16.5. The fourth-order valence-electron chi connectivity index (χ4n) is 15.3. The van der Waals surface area contributed by atoms with Crippen molar-refractivity contribution in [3.05, 3.63) is 0 Å². The van der Waals surface area contributed by atoms with Gasteiger partial charge in [-0.15, -0.1) is 0 Å². The van der Waals surface area contributed by atoms with Crippen molar-refractivity contribution in [2.75, 3.05) is 115 Å². The second-order valence-corrected chi connectivity index (χ2v) is 32.3. The van der Waals surface area contributed by atoms with Crippen molar-refractivity contribution >= 4 is 0 Å². The van der Waals surface area contributed by atoms with Gasteiger partial charge in [0.05, 0.1) is 170 Å². The maximum atomic E-state index is 9.86. The Labute approximate surface area is 626 Å². The van der Waals surface area contributed by atoms with E-state index in [4.69, 9.17) is 98.1 Å². The zero-order valence-corrected chi connectivity index (χ0v) is 67.3. The molecular weight excluding hydrogens is 1320 g/mol. The Bertz CT molecular complexity index is 1770. The maximum absolute atomic E-state index is 9.86. The molecule has 618 valence electrons. The van der Waals surface area contributed by atoms with E-state index < -0.39 is 0 Å². The first-order chi connectivity index (χ1) is 49.4. The molecule has 9 saturated carbocycles. The summed E-state index contributed by atoms with van der Waals surface area (Å²) in [5, 5.41) is 98.1. The molecule has 0 saturated heterocycles. The number of ether oxygens (including phenoxy) is 11. The molecule has 0 aromatic carbocycles. The summed E-state index contributed by atoms with van der Waals surface area (Å²) in [5.41, 5.74) is 0.429. The van der Waals surface area contributed by atoms with Gasteiger partial charge in [-0.1, -0.05) is 80.1 Å². The van der Waals surface area contributed by atoms with Gasteiger partial charge in [0.25, 0.3) is 0 Å². The van der Waals surface area contributed by atoms with E-state index in [2.05, 4.69) is 41.5 Å². The molecule has 0 spiro atoms. The SMILES string of the molecule is CC(O)COC1CCCCC1.COC1CCC(CO)CC1.COC1CCC(O)C(C(C)(C)C)C1.COC1CCC(O)CC1.COC1CCC(O)CC1C(C)(C)C.COC1CCC(OCCO)CC1.OCCOC1CCC(O)CC1.OCCOC1CCC(OCCO)CC1.OCCOC1CCCCC1. The van der Waals surface area contributed by atoms with Crippen molar-refractivity contribution < 1.29 is 108 Å². The Kier molecular flexibility index (Phi) is 61.0. The average molecular weight is 1490 g/mol. The molecule has 9 fully saturated rings. The lowest BCUT2D eigenvalue weighted by atomic mass is 9.70. The number of rotatable bonds is 24. The molecule has 0 radical (unpaired) electrons. The summed E-state index contributed by atoms with van der Waals surface area (Å²) in [6.07, 6.45) is 41.9. The van der Waals surface area contributed by atoms with Gasteiger partial charge >= 0.3 is 0 Å². The van der Waals surface area contributed by atoms with E-state index in [0.717, 1.165) is 167 Å². The Morgan fingerprint density at radius 1 is 0.301 bits per heavy atom. The molecule has 0 amide bonds. The first-order valence-corrected chi connectivity index (χ1v) is 40.8. The van der Waals surface area contributed by atoms with E-state index in [0.29, 0.717) is 113 Å². The molecule has 11 N–H and O–H groups in total. The summed E-state index contributed by atoms with van der Waals surface area (Å²) >= 11 is 0. The van der Waals surface area contributed by atoms with Gasteiger partial charge in [-0.3, -0.25) is 0 Å². The summed E-state index contributed by atoms with van der Waals surface area (Å²) in [7, 11) is 8.81. The predicted molar refractivity (Wildman–Crippen MR) is 406 cm³/mol. The minimum absolute atomic E-state index is 0.0589.